The predicted octanol–water partition coefficient (Wildman–Crippen LogP) is 6.69. The van der Waals surface area contributed by atoms with Gasteiger partial charge in [-0.2, -0.15) is 5.10 Å². The van der Waals surface area contributed by atoms with E-state index in [9.17, 15) is 9.59 Å². The van der Waals surface area contributed by atoms with Crippen LogP contribution in [0.5, 0.6) is 0 Å². The second kappa shape index (κ2) is 13.1. The zero-order valence-electron chi connectivity index (χ0n) is 24.5. The van der Waals surface area contributed by atoms with Crippen molar-refractivity contribution in [1.29, 1.82) is 0 Å². The summed E-state index contributed by atoms with van der Waals surface area (Å²) in [4.78, 5) is 32.7. The molecule has 0 saturated carbocycles. The summed E-state index contributed by atoms with van der Waals surface area (Å²) < 4.78 is 2.06. The van der Waals surface area contributed by atoms with Crippen molar-refractivity contribution in [2.45, 2.75) is 57.8 Å². The number of carbonyl (C=O) groups excluding carboxylic acids is 2. The average Bonchev–Trinajstić information content (AvgIpc) is 3.59. The number of nitrogens with zero attached hydrogens (tertiary/aromatic N) is 4. The molecule has 1 aliphatic heterocycles. The first kappa shape index (κ1) is 28.4. The highest BCUT2D eigenvalue weighted by Gasteiger charge is 2.22. The molecule has 220 valence electrons. The van der Waals surface area contributed by atoms with Crippen LogP contribution < -0.4 is 5.73 Å². The van der Waals surface area contributed by atoms with Gasteiger partial charge < -0.3 is 10.6 Å². The molecule has 1 saturated heterocycles. The lowest BCUT2D eigenvalue weighted by Crippen LogP contribution is -2.31. The molecule has 5 aromatic rings. The maximum Gasteiger partial charge on any atom is 0.249 e. The zero-order valence-corrected chi connectivity index (χ0v) is 24.5. The molecule has 0 unspecified atom stereocenters. The minimum Gasteiger partial charge on any atom is -0.366 e. The lowest BCUT2D eigenvalue weighted by atomic mass is 9.93. The molecule has 8 heteroatoms. The molecule has 3 aromatic carbocycles. The van der Waals surface area contributed by atoms with Crippen molar-refractivity contribution in [3.8, 4) is 28.2 Å². The molecule has 3 N–H and O–H groups in total. The van der Waals surface area contributed by atoms with E-state index in [0.29, 0.717) is 29.3 Å². The Labute approximate surface area is 251 Å². The predicted molar refractivity (Wildman–Crippen MR) is 170 cm³/mol. The van der Waals surface area contributed by atoms with Gasteiger partial charge in [-0.1, -0.05) is 55.7 Å². The van der Waals surface area contributed by atoms with Crippen molar-refractivity contribution in [2.75, 3.05) is 13.1 Å². The summed E-state index contributed by atoms with van der Waals surface area (Å²) in [6, 6.07) is 21.8. The summed E-state index contributed by atoms with van der Waals surface area (Å²) in [7, 11) is 0. The van der Waals surface area contributed by atoms with Crippen LogP contribution >= 0.6 is 0 Å². The van der Waals surface area contributed by atoms with Crippen molar-refractivity contribution in [2.24, 2.45) is 5.73 Å². The van der Waals surface area contributed by atoms with Gasteiger partial charge in [-0.15, -0.1) is 0 Å². The van der Waals surface area contributed by atoms with Crippen LogP contribution in [-0.2, 0) is 11.2 Å². The molecule has 0 spiro atoms. The largest absolute Gasteiger partial charge is 0.366 e. The number of fused-ring (bicyclic) bond motifs is 1. The van der Waals surface area contributed by atoms with E-state index in [1.807, 2.05) is 54.6 Å². The van der Waals surface area contributed by atoms with Gasteiger partial charge in [0.05, 0.1) is 23.0 Å². The number of hydrogen-bond acceptors (Lipinski definition) is 4. The summed E-state index contributed by atoms with van der Waals surface area (Å²) >= 11 is 0. The Hall–Kier alpha value is -4.72. The number of H-pyrrole nitrogens is 1. The number of aromatic nitrogens is 4. The van der Waals surface area contributed by atoms with Crippen molar-refractivity contribution in [1.82, 2.24) is 24.6 Å². The van der Waals surface area contributed by atoms with E-state index in [0.717, 1.165) is 85.0 Å². The smallest absolute Gasteiger partial charge is 0.249 e. The van der Waals surface area contributed by atoms with E-state index in [1.54, 1.807) is 12.3 Å². The number of primary amides is 1. The van der Waals surface area contributed by atoms with E-state index in [2.05, 4.69) is 31.9 Å². The Morgan fingerprint density at radius 1 is 0.884 bits per heavy atom. The maximum absolute atomic E-state index is 12.8. The lowest BCUT2D eigenvalue weighted by Gasteiger charge is -2.20. The maximum atomic E-state index is 12.8. The first-order valence-electron chi connectivity index (χ1n) is 15.4. The standard InChI is InChI=1S/C35H38N6O2/c36-34(43)30-16-11-15-29(25-18-19-31-26(22-25)23-37-39-31)33(30)35-38-27(24-41(35)28-13-6-4-7-14-28)12-5-3-8-17-32(42)40-20-9-1-2-10-21-40/h4,6-7,11,13-16,18-19,22-24H,1-3,5,8-10,12,17,20-21H2,(H2,36,43)(H,37,39). The van der Waals surface area contributed by atoms with Crippen LogP contribution in [0.2, 0.25) is 0 Å². The van der Waals surface area contributed by atoms with Gasteiger partial charge in [-0.05, 0) is 73.6 Å². The molecular formula is C35H38N6O2. The molecule has 0 bridgehead atoms. The summed E-state index contributed by atoms with van der Waals surface area (Å²) in [6.07, 6.45) is 12.7. The highest BCUT2D eigenvalue weighted by Crippen LogP contribution is 2.37. The molecule has 2 aromatic heterocycles. The fourth-order valence-electron chi connectivity index (χ4n) is 6.10. The second-order valence-electron chi connectivity index (χ2n) is 11.4. The molecule has 43 heavy (non-hydrogen) atoms. The number of rotatable bonds is 10. The number of nitrogens with two attached hydrogens (primary N) is 1. The van der Waals surface area contributed by atoms with Crippen LogP contribution in [0.15, 0.2) is 79.1 Å². The zero-order chi connectivity index (χ0) is 29.6. The molecule has 1 fully saturated rings. The first-order valence-corrected chi connectivity index (χ1v) is 15.4. The number of para-hydroxylation sites is 1. The summed E-state index contributed by atoms with van der Waals surface area (Å²) in [5.74, 6) is 0.468. The van der Waals surface area contributed by atoms with E-state index in [4.69, 9.17) is 10.7 Å². The third kappa shape index (κ3) is 6.38. The van der Waals surface area contributed by atoms with E-state index in [-0.39, 0.29) is 0 Å². The van der Waals surface area contributed by atoms with Gasteiger partial charge in [0.2, 0.25) is 11.8 Å². The molecule has 8 nitrogen and oxygen atoms in total. The van der Waals surface area contributed by atoms with Gasteiger partial charge in [-0.25, -0.2) is 4.98 Å². The molecule has 6 rings (SSSR count). The molecule has 0 aliphatic carbocycles. The molecule has 0 radical (unpaired) electrons. The van der Waals surface area contributed by atoms with Crippen molar-refractivity contribution in [3.05, 3.63) is 90.4 Å². The van der Waals surface area contributed by atoms with Crippen LogP contribution in [0.3, 0.4) is 0 Å². The average molecular weight is 575 g/mol. The third-order valence-electron chi connectivity index (χ3n) is 8.38. The molecule has 0 atom stereocenters. The topological polar surface area (TPSA) is 110 Å². The minimum atomic E-state index is -0.500. The lowest BCUT2D eigenvalue weighted by molar-refractivity contribution is -0.131. The van der Waals surface area contributed by atoms with Crippen molar-refractivity contribution >= 4 is 22.7 Å². The van der Waals surface area contributed by atoms with Crippen LogP contribution in [-0.4, -0.2) is 49.6 Å². The third-order valence-corrected chi connectivity index (χ3v) is 8.38. The normalized spacial score (nSPS) is 13.7. The number of amides is 2. The number of likely N-dealkylation sites (tertiary alicyclic amines) is 1. The van der Waals surface area contributed by atoms with E-state index >= 15 is 0 Å². The van der Waals surface area contributed by atoms with E-state index in [1.165, 1.54) is 12.8 Å². The van der Waals surface area contributed by atoms with Gasteiger partial charge in [0.1, 0.15) is 5.82 Å². The fourth-order valence-corrected chi connectivity index (χ4v) is 6.10. The number of imidazole rings is 1. The Morgan fingerprint density at radius 3 is 2.49 bits per heavy atom. The molecular weight excluding hydrogens is 536 g/mol. The highest BCUT2D eigenvalue weighted by molar-refractivity contribution is 6.04. The van der Waals surface area contributed by atoms with Gasteiger partial charge in [-0.3, -0.25) is 19.3 Å². The Bertz CT molecular complexity index is 1710. The number of carbonyl (C=O) groups is 2. The fraction of sp³-hybridized carbons (Fsp3) is 0.314. The van der Waals surface area contributed by atoms with Gasteiger partial charge in [0, 0.05) is 42.3 Å². The Balaban J connectivity index is 1.28. The van der Waals surface area contributed by atoms with Crippen molar-refractivity contribution < 1.29 is 9.59 Å². The van der Waals surface area contributed by atoms with Gasteiger partial charge >= 0.3 is 0 Å². The molecule has 1 aliphatic rings. The molecule has 3 heterocycles. The van der Waals surface area contributed by atoms with Crippen LogP contribution in [0.1, 0.15) is 67.4 Å². The summed E-state index contributed by atoms with van der Waals surface area (Å²) in [6.45, 7) is 1.81. The van der Waals surface area contributed by atoms with E-state index < -0.39 is 5.91 Å². The Morgan fingerprint density at radius 2 is 1.70 bits per heavy atom. The summed E-state index contributed by atoms with van der Waals surface area (Å²) in [5.41, 5.74) is 11.7. The van der Waals surface area contributed by atoms with Gasteiger partial charge in [0.25, 0.3) is 0 Å². The number of hydrogen-bond donors (Lipinski definition) is 2. The summed E-state index contributed by atoms with van der Waals surface area (Å²) in [5, 5.41) is 8.14. The van der Waals surface area contributed by atoms with Crippen LogP contribution in [0.4, 0.5) is 0 Å². The second-order valence-corrected chi connectivity index (χ2v) is 11.4. The number of aromatic amines is 1. The SMILES string of the molecule is NC(=O)c1cccc(-c2ccc3[nH]ncc3c2)c1-c1nc(CCCCCC(=O)N2CCCCCC2)cn1-c1ccccc1. The van der Waals surface area contributed by atoms with Crippen molar-refractivity contribution in [3.63, 3.8) is 0 Å². The van der Waals surface area contributed by atoms with Gasteiger partial charge in [0.15, 0.2) is 0 Å². The number of aryl methyl sites for hydroxylation is 1. The highest BCUT2D eigenvalue weighted by atomic mass is 16.2. The number of nitrogens with one attached hydrogen (secondary N) is 1. The Kier molecular flexibility index (Phi) is 8.63. The first-order chi connectivity index (χ1) is 21.1. The van der Waals surface area contributed by atoms with Crippen LogP contribution in [0.25, 0.3) is 39.1 Å². The minimum absolute atomic E-state index is 0.293. The molecule has 2 amide bonds. The quantitative estimate of drug-likeness (QED) is 0.181. The monoisotopic (exact) mass is 574 g/mol. The number of benzene rings is 3. The van der Waals surface area contributed by atoms with Crippen LogP contribution in [0, 0.1) is 0 Å². The number of unbranched alkanes of at least 4 members (excludes halogenated alkanes) is 2.